The first-order chi connectivity index (χ1) is 7.61. The summed E-state index contributed by atoms with van der Waals surface area (Å²) in [5, 5.41) is 8.68. The van der Waals surface area contributed by atoms with Gasteiger partial charge in [0.15, 0.2) is 0 Å². The summed E-state index contributed by atoms with van der Waals surface area (Å²) in [5.74, 6) is 0.310. The van der Waals surface area contributed by atoms with Crippen LogP contribution in [0.3, 0.4) is 0 Å². The van der Waals surface area contributed by atoms with Crippen LogP contribution in [-0.2, 0) is 0 Å². The first-order valence-electron chi connectivity index (χ1n) is 5.58. The SMILES string of the molecule is CC1CC(C)N(c2ccc(C#N)cc2F)C1. The zero-order valence-corrected chi connectivity index (χ0v) is 9.57. The molecule has 0 spiro atoms. The highest BCUT2D eigenvalue weighted by Crippen LogP contribution is 2.30. The summed E-state index contributed by atoms with van der Waals surface area (Å²) in [6.07, 6.45) is 1.10. The largest absolute Gasteiger partial charge is 0.366 e. The smallest absolute Gasteiger partial charge is 0.147 e. The van der Waals surface area contributed by atoms with Gasteiger partial charge in [0.25, 0.3) is 0 Å². The molecule has 0 bridgehead atoms. The highest BCUT2D eigenvalue weighted by Gasteiger charge is 2.27. The lowest BCUT2D eigenvalue weighted by atomic mass is 10.1. The molecule has 0 N–H and O–H groups in total. The van der Waals surface area contributed by atoms with E-state index in [1.54, 1.807) is 12.1 Å². The van der Waals surface area contributed by atoms with Crippen molar-refractivity contribution >= 4 is 5.69 Å². The van der Waals surface area contributed by atoms with Gasteiger partial charge in [-0.15, -0.1) is 0 Å². The standard InChI is InChI=1S/C13H15FN2/c1-9-5-10(2)16(8-9)13-4-3-11(7-15)6-12(13)14/h3-4,6,9-10H,5,8H2,1-2H3. The molecule has 1 aliphatic rings. The van der Waals surface area contributed by atoms with Gasteiger partial charge in [0.05, 0.1) is 17.3 Å². The second-order valence-electron chi connectivity index (χ2n) is 4.62. The van der Waals surface area contributed by atoms with Crippen molar-refractivity contribution < 1.29 is 4.39 Å². The molecule has 0 saturated carbocycles. The van der Waals surface area contributed by atoms with Gasteiger partial charge >= 0.3 is 0 Å². The van der Waals surface area contributed by atoms with E-state index >= 15 is 0 Å². The molecule has 1 aromatic rings. The Hall–Kier alpha value is -1.56. The number of halogens is 1. The Kier molecular flexibility index (Phi) is 2.82. The van der Waals surface area contributed by atoms with Gasteiger partial charge in [0, 0.05) is 12.6 Å². The molecular formula is C13H15FN2. The van der Waals surface area contributed by atoms with E-state index in [2.05, 4.69) is 18.7 Å². The highest BCUT2D eigenvalue weighted by molar-refractivity contribution is 5.52. The van der Waals surface area contributed by atoms with Crippen molar-refractivity contribution in [2.24, 2.45) is 5.92 Å². The Morgan fingerprint density at radius 2 is 2.19 bits per heavy atom. The highest BCUT2D eigenvalue weighted by atomic mass is 19.1. The van der Waals surface area contributed by atoms with Crippen LogP contribution in [0.1, 0.15) is 25.8 Å². The van der Waals surface area contributed by atoms with E-state index in [1.807, 2.05) is 6.07 Å². The van der Waals surface area contributed by atoms with Gasteiger partial charge < -0.3 is 4.90 Å². The predicted molar refractivity (Wildman–Crippen MR) is 61.7 cm³/mol. The summed E-state index contributed by atoms with van der Waals surface area (Å²) in [6, 6.07) is 7.02. The van der Waals surface area contributed by atoms with Crippen LogP contribution in [0.15, 0.2) is 18.2 Å². The van der Waals surface area contributed by atoms with Gasteiger partial charge in [-0.2, -0.15) is 5.26 Å². The number of rotatable bonds is 1. The summed E-state index contributed by atoms with van der Waals surface area (Å²) in [5.41, 5.74) is 0.997. The number of nitrogens with zero attached hydrogens (tertiary/aromatic N) is 2. The third kappa shape index (κ3) is 1.88. The van der Waals surface area contributed by atoms with E-state index in [9.17, 15) is 4.39 Å². The Labute approximate surface area is 95.3 Å². The molecule has 1 fully saturated rings. The zero-order valence-electron chi connectivity index (χ0n) is 9.57. The number of benzene rings is 1. The lowest BCUT2D eigenvalue weighted by Crippen LogP contribution is -2.27. The average molecular weight is 218 g/mol. The predicted octanol–water partition coefficient (Wildman–Crippen LogP) is 2.93. The first kappa shape index (κ1) is 10.9. The molecule has 1 heterocycles. The summed E-state index contributed by atoms with van der Waals surface area (Å²) >= 11 is 0. The van der Waals surface area contributed by atoms with Crippen LogP contribution in [0.5, 0.6) is 0 Å². The van der Waals surface area contributed by atoms with E-state index < -0.39 is 0 Å². The molecule has 16 heavy (non-hydrogen) atoms. The summed E-state index contributed by atoms with van der Waals surface area (Å²) in [6.45, 7) is 5.18. The van der Waals surface area contributed by atoms with E-state index in [0.717, 1.165) is 13.0 Å². The number of hydrogen-bond acceptors (Lipinski definition) is 2. The Balaban J connectivity index is 2.31. The lowest BCUT2D eigenvalue weighted by Gasteiger charge is -2.24. The van der Waals surface area contributed by atoms with Gasteiger partial charge in [-0.1, -0.05) is 6.92 Å². The molecule has 1 aliphatic heterocycles. The van der Waals surface area contributed by atoms with Crippen molar-refractivity contribution in [1.82, 2.24) is 0 Å². The summed E-state index contributed by atoms with van der Waals surface area (Å²) in [4.78, 5) is 2.08. The second kappa shape index (κ2) is 4.13. The normalized spacial score (nSPS) is 24.5. The molecule has 1 aromatic carbocycles. The molecule has 84 valence electrons. The van der Waals surface area contributed by atoms with Crippen molar-refractivity contribution in [3.8, 4) is 6.07 Å². The second-order valence-corrected chi connectivity index (χ2v) is 4.62. The minimum absolute atomic E-state index is 0.292. The van der Waals surface area contributed by atoms with Gasteiger partial charge in [-0.3, -0.25) is 0 Å². The molecule has 0 aromatic heterocycles. The third-order valence-electron chi connectivity index (χ3n) is 3.17. The molecular weight excluding hydrogens is 203 g/mol. The minimum Gasteiger partial charge on any atom is -0.366 e. The Morgan fingerprint density at radius 3 is 2.69 bits per heavy atom. The van der Waals surface area contributed by atoms with Crippen molar-refractivity contribution in [2.75, 3.05) is 11.4 Å². The monoisotopic (exact) mass is 218 g/mol. The Bertz CT molecular complexity index is 436. The van der Waals surface area contributed by atoms with Gasteiger partial charge in [-0.05, 0) is 37.5 Å². The number of nitriles is 1. The molecule has 2 rings (SSSR count). The molecule has 0 radical (unpaired) electrons. The minimum atomic E-state index is -0.292. The van der Waals surface area contributed by atoms with Gasteiger partial charge in [0.1, 0.15) is 5.82 Å². The van der Waals surface area contributed by atoms with Crippen molar-refractivity contribution in [3.05, 3.63) is 29.6 Å². The third-order valence-corrected chi connectivity index (χ3v) is 3.17. The van der Waals surface area contributed by atoms with Gasteiger partial charge in [0.2, 0.25) is 0 Å². The van der Waals surface area contributed by atoms with E-state index in [1.165, 1.54) is 6.07 Å². The van der Waals surface area contributed by atoms with Crippen LogP contribution in [0, 0.1) is 23.1 Å². The fourth-order valence-electron chi connectivity index (χ4n) is 2.44. The fraction of sp³-hybridized carbons (Fsp3) is 0.462. The quantitative estimate of drug-likeness (QED) is 0.724. The van der Waals surface area contributed by atoms with E-state index in [0.29, 0.717) is 23.2 Å². The topological polar surface area (TPSA) is 27.0 Å². The van der Waals surface area contributed by atoms with Crippen LogP contribution in [0.25, 0.3) is 0 Å². The number of hydrogen-bond donors (Lipinski definition) is 0. The molecule has 0 amide bonds. The summed E-state index contributed by atoms with van der Waals surface area (Å²) in [7, 11) is 0. The van der Waals surface area contributed by atoms with Gasteiger partial charge in [-0.25, -0.2) is 4.39 Å². The van der Waals surface area contributed by atoms with E-state index in [-0.39, 0.29) is 5.82 Å². The molecule has 2 unspecified atom stereocenters. The van der Waals surface area contributed by atoms with Crippen molar-refractivity contribution in [2.45, 2.75) is 26.3 Å². The van der Waals surface area contributed by atoms with Crippen LogP contribution in [0.2, 0.25) is 0 Å². The summed E-state index contributed by atoms with van der Waals surface area (Å²) < 4.78 is 13.8. The maximum Gasteiger partial charge on any atom is 0.147 e. The molecule has 3 heteroatoms. The van der Waals surface area contributed by atoms with Crippen LogP contribution in [-0.4, -0.2) is 12.6 Å². The van der Waals surface area contributed by atoms with Crippen LogP contribution >= 0.6 is 0 Å². The maximum atomic E-state index is 13.8. The average Bonchev–Trinajstić information content (AvgIpc) is 2.57. The number of anilines is 1. The fourth-order valence-corrected chi connectivity index (χ4v) is 2.44. The lowest BCUT2D eigenvalue weighted by molar-refractivity contribution is 0.612. The molecule has 2 nitrogen and oxygen atoms in total. The van der Waals surface area contributed by atoms with E-state index in [4.69, 9.17) is 5.26 Å². The van der Waals surface area contributed by atoms with Crippen molar-refractivity contribution in [3.63, 3.8) is 0 Å². The maximum absolute atomic E-state index is 13.8. The molecule has 1 saturated heterocycles. The molecule has 0 aliphatic carbocycles. The first-order valence-corrected chi connectivity index (χ1v) is 5.58. The van der Waals surface area contributed by atoms with Crippen LogP contribution in [0.4, 0.5) is 10.1 Å². The van der Waals surface area contributed by atoms with Crippen molar-refractivity contribution in [1.29, 1.82) is 5.26 Å². The zero-order chi connectivity index (χ0) is 11.7. The van der Waals surface area contributed by atoms with Crippen LogP contribution < -0.4 is 4.90 Å². The Morgan fingerprint density at radius 1 is 1.44 bits per heavy atom. The molecule has 2 atom stereocenters.